The van der Waals surface area contributed by atoms with Gasteiger partial charge in [-0.15, -0.1) is 0 Å². The lowest BCUT2D eigenvalue weighted by Gasteiger charge is -2.36. The van der Waals surface area contributed by atoms with Crippen LogP contribution < -0.4 is 15.1 Å². The van der Waals surface area contributed by atoms with Crippen molar-refractivity contribution in [3.63, 3.8) is 0 Å². The van der Waals surface area contributed by atoms with Crippen LogP contribution in [0.3, 0.4) is 0 Å². The van der Waals surface area contributed by atoms with Crippen LogP contribution in [0.15, 0.2) is 42.9 Å². The molecule has 0 bridgehead atoms. The number of hydrogen-bond donors (Lipinski definition) is 1. The molecule has 194 valence electrons. The smallest absolute Gasteiger partial charge is 0.367 e. The number of benzene rings is 1. The van der Waals surface area contributed by atoms with Crippen molar-refractivity contribution in [3.8, 4) is 0 Å². The summed E-state index contributed by atoms with van der Waals surface area (Å²) in [5, 5.41) is 3.43. The van der Waals surface area contributed by atoms with E-state index in [1.54, 1.807) is 29.6 Å². The van der Waals surface area contributed by atoms with Gasteiger partial charge in [-0.25, -0.2) is 15.0 Å². The lowest BCUT2D eigenvalue weighted by molar-refractivity contribution is -0.138. The van der Waals surface area contributed by atoms with Crippen molar-refractivity contribution in [2.45, 2.75) is 19.6 Å². The number of amides is 1. The molecule has 0 aliphatic carbocycles. The van der Waals surface area contributed by atoms with E-state index in [-0.39, 0.29) is 23.0 Å². The van der Waals surface area contributed by atoms with Crippen molar-refractivity contribution in [1.29, 1.82) is 0 Å². The molecule has 0 saturated carbocycles. The minimum atomic E-state index is -4.51. The fourth-order valence-electron chi connectivity index (χ4n) is 4.81. The minimum Gasteiger partial charge on any atom is -0.367 e. The monoisotopic (exact) mass is 531 g/mol. The number of nitrogens with one attached hydrogen (secondary N) is 1. The van der Waals surface area contributed by atoms with E-state index in [2.05, 4.69) is 20.3 Å². The van der Waals surface area contributed by atoms with Gasteiger partial charge in [0.25, 0.3) is 5.91 Å². The second kappa shape index (κ2) is 10.0. The van der Waals surface area contributed by atoms with Crippen LogP contribution in [0, 0.1) is 6.92 Å². The van der Waals surface area contributed by atoms with Gasteiger partial charge in [-0.05, 0) is 42.3 Å². The van der Waals surface area contributed by atoms with Crippen LogP contribution in [0.25, 0.3) is 0 Å². The first kappa shape index (κ1) is 25.1. The van der Waals surface area contributed by atoms with Crippen LogP contribution in [-0.2, 0) is 12.7 Å². The predicted molar refractivity (Wildman–Crippen MR) is 135 cm³/mol. The summed E-state index contributed by atoms with van der Waals surface area (Å²) in [5.74, 6) is 1.01. The second-order valence-corrected chi connectivity index (χ2v) is 9.41. The Bertz CT molecular complexity index is 1300. The normalized spacial score (nSPS) is 15.9. The van der Waals surface area contributed by atoms with E-state index in [0.717, 1.165) is 6.07 Å². The number of rotatable bonds is 4. The molecule has 0 spiro atoms. The number of carbonyl (C=O) groups excluding carboxylic acids is 1. The Hall–Kier alpha value is -3.60. The number of halogens is 4. The van der Waals surface area contributed by atoms with Crippen LogP contribution in [0.2, 0.25) is 5.02 Å². The molecule has 5 rings (SSSR count). The van der Waals surface area contributed by atoms with Crippen molar-refractivity contribution >= 4 is 35.0 Å². The highest BCUT2D eigenvalue weighted by atomic mass is 35.5. The molecule has 1 saturated heterocycles. The molecule has 1 amide bonds. The van der Waals surface area contributed by atoms with Gasteiger partial charge in [-0.3, -0.25) is 4.79 Å². The fraction of sp³-hybridized carbons (Fsp3) is 0.360. The Morgan fingerprint density at radius 3 is 2.51 bits per heavy atom. The average molecular weight is 532 g/mol. The summed E-state index contributed by atoms with van der Waals surface area (Å²) in [7, 11) is 0. The quantitative estimate of drug-likeness (QED) is 0.539. The van der Waals surface area contributed by atoms with Gasteiger partial charge < -0.3 is 20.0 Å². The molecule has 2 aliphatic rings. The van der Waals surface area contributed by atoms with Gasteiger partial charge in [-0.2, -0.15) is 13.2 Å². The second-order valence-electron chi connectivity index (χ2n) is 8.97. The SMILES string of the molecule is Cc1c(C(=O)N2CCN(c3ncccn3)CC2)cnc2c1N(Cc1cc(Cl)ccc1C(F)(F)F)CCN2. The Kier molecular flexibility index (Phi) is 6.80. The van der Waals surface area contributed by atoms with Crippen molar-refractivity contribution in [1.82, 2.24) is 19.9 Å². The van der Waals surface area contributed by atoms with Crippen LogP contribution in [-0.4, -0.2) is 65.0 Å². The number of aromatic nitrogens is 3. The Morgan fingerprint density at radius 1 is 1.08 bits per heavy atom. The Balaban J connectivity index is 1.39. The zero-order valence-electron chi connectivity index (χ0n) is 20.1. The summed E-state index contributed by atoms with van der Waals surface area (Å²) < 4.78 is 41.0. The molecule has 1 fully saturated rings. The number of hydrogen-bond acceptors (Lipinski definition) is 7. The van der Waals surface area contributed by atoms with Gasteiger partial charge in [0.05, 0.1) is 16.8 Å². The first-order valence-corrected chi connectivity index (χ1v) is 12.3. The van der Waals surface area contributed by atoms with Crippen molar-refractivity contribution in [2.75, 3.05) is 54.4 Å². The average Bonchev–Trinajstić information content (AvgIpc) is 2.88. The molecule has 3 aromatic rings. The predicted octanol–water partition coefficient (Wildman–Crippen LogP) is 4.25. The number of piperazine rings is 1. The van der Waals surface area contributed by atoms with Gasteiger partial charge in [0.2, 0.25) is 5.95 Å². The summed E-state index contributed by atoms with van der Waals surface area (Å²) in [6.07, 6.45) is 0.404. The van der Waals surface area contributed by atoms with E-state index in [0.29, 0.717) is 67.8 Å². The molecule has 2 aromatic heterocycles. The summed E-state index contributed by atoms with van der Waals surface area (Å²) >= 11 is 6.05. The number of fused-ring (bicyclic) bond motifs is 1. The molecule has 1 N–H and O–H groups in total. The van der Waals surface area contributed by atoms with E-state index in [9.17, 15) is 18.0 Å². The van der Waals surface area contributed by atoms with Crippen LogP contribution >= 0.6 is 11.6 Å². The molecule has 2 aliphatic heterocycles. The van der Waals surface area contributed by atoms with E-state index in [1.807, 2.05) is 16.7 Å². The molecule has 12 heteroatoms. The highest BCUT2D eigenvalue weighted by molar-refractivity contribution is 6.30. The summed E-state index contributed by atoms with van der Waals surface area (Å²) in [6, 6.07) is 5.35. The van der Waals surface area contributed by atoms with Crippen molar-refractivity contribution in [3.05, 3.63) is 70.1 Å². The van der Waals surface area contributed by atoms with Gasteiger partial charge in [0.1, 0.15) is 5.82 Å². The molecule has 4 heterocycles. The fourth-order valence-corrected chi connectivity index (χ4v) is 5.01. The number of anilines is 3. The van der Waals surface area contributed by atoms with Crippen LogP contribution in [0.4, 0.5) is 30.6 Å². The third-order valence-corrected chi connectivity index (χ3v) is 6.90. The molecule has 0 unspecified atom stereocenters. The van der Waals surface area contributed by atoms with Gasteiger partial charge in [-0.1, -0.05) is 11.6 Å². The van der Waals surface area contributed by atoms with Crippen molar-refractivity contribution in [2.24, 2.45) is 0 Å². The molecular weight excluding hydrogens is 507 g/mol. The third kappa shape index (κ3) is 5.13. The molecule has 1 aromatic carbocycles. The first-order valence-electron chi connectivity index (χ1n) is 11.9. The van der Waals surface area contributed by atoms with Crippen LogP contribution in [0.1, 0.15) is 27.0 Å². The van der Waals surface area contributed by atoms with E-state index in [4.69, 9.17) is 11.6 Å². The van der Waals surface area contributed by atoms with Gasteiger partial charge in [0, 0.05) is 69.4 Å². The first-order chi connectivity index (χ1) is 17.7. The lowest BCUT2D eigenvalue weighted by Crippen LogP contribution is -2.49. The lowest BCUT2D eigenvalue weighted by atomic mass is 10.0. The highest BCUT2D eigenvalue weighted by Gasteiger charge is 2.35. The standard InChI is InChI=1S/C25H25ClF3N7O/c1-16-19(23(37)34-9-11-35(12-10-34)24-31-5-2-6-32-24)14-33-22-21(16)36(8-7-30-22)15-17-13-18(26)3-4-20(17)25(27,28)29/h2-6,13-14H,7-12,15H2,1H3,(H,30,33). The minimum absolute atomic E-state index is 0.0139. The van der Waals surface area contributed by atoms with E-state index >= 15 is 0 Å². The summed E-state index contributed by atoms with van der Waals surface area (Å²) in [6.45, 7) is 4.93. The van der Waals surface area contributed by atoms with E-state index in [1.165, 1.54) is 12.1 Å². The maximum atomic E-state index is 13.7. The largest absolute Gasteiger partial charge is 0.416 e. The van der Waals surface area contributed by atoms with Gasteiger partial charge in [0.15, 0.2) is 0 Å². The topological polar surface area (TPSA) is 77.5 Å². The number of nitrogens with zero attached hydrogens (tertiary/aromatic N) is 6. The molecular formula is C25H25ClF3N7O. The Morgan fingerprint density at radius 2 is 1.81 bits per heavy atom. The summed E-state index contributed by atoms with van der Waals surface area (Å²) in [5.41, 5.74) is 1.07. The third-order valence-electron chi connectivity index (χ3n) is 6.66. The maximum Gasteiger partial charge on any atom is 0.416 e. The molecule has 0 radical (unpaired) electrons. The highest BCUT2D eigenvalue weighted by Crippen LogP contribution is 2.38. The van der Waals surface area contributed by atoms with Gasteiger partial charge >= 0.3 is 6.18 Å². The zero-order valence-corrected chi connectivity index (χ0v) is 20.9. The molecule has 8 nitrogen and oxygen atoms in total. The van der Waals surface area contributed by atoms with Crippen LogP contribution in [0.5, 0.6) is 0 Å². The van der Waals surface area contributed by atoms with E-state index < -0.39 is 11.7 Å². The maximum absolute atomic E-state index is 13.7. The number of alkyl halides is 3. The Labute approximate surface area is 217 Å². The summed E-state index contributed by atoms with van der Waals surface area (Å²) in [4.78, 5) is 32.1. The molecule has 0 atom stereocenters. The molecule has 37 heavy (non-hydrogen) atoms. The zero-order chi connectivity index (χ0) is 26.2. The number of carbonyl (C=O) groups is 1. The van der Waals surface area contributed by atoms with Crippen molar-refractivity contribution < 1.29 is 18.0 Å². The number of pyridine rings is 1.